The summed E-state index contributed by atoms with van der Waals surface area (Å²) < 4.78 is 5.03. The Balaban J connectivity index is 4.06. The molecule has 14 heavy (non-hydrogen) atoms. The first-order chi connectivity index (χ1) is 6.63. The topological polar surface area (TPSA) is 53.3 Å². The highest BCUT2D eigenvalue weighted by atomic mass is 16.5. The lowest BCUT2D eigenvalue weighted by atomic mass is 10.3. The fraction of sp³-hybridized carbons (Fsp3) is 0.800. The predicted molar refractivity (Wildman–Crippen MR) is 53.6 cm³/mol. The van der Waals surface area contributed by atoms with Crippen LogP contribution in [0.25, 0.3) is 0 Å². The van der Waals surface area contributed by atoms with E-state index < -0.39 is 0 Å². The Hall–Kier alpha value is -1.08. The van der Waals surface area contributed by atoms with Gasteiger partial charge in [0.2, 0.25) is 5.91 Å². The zero-order valence-electron chi connectivity index (χ0n) is 9.12. The molecule has 0 spiro atoms. The van der Waals surface area contributed by atoms with Crippen molar-refractivity contribution < 1.29 is 9.53 Å². The van der Waals surface area contributed by atoms with Gasteiger partial charge in [-0.25, -0.2) is 0 Å². The molecule has 4 heteroatoms. The second-order valence-corrected chi connectivity index (χ2v) is 3.23. The number of amides is 1. The summed E-state index contributed by atoms with van der Waals surface area (Å²) >= 11 is 0. The molecule has 0 unspecified atom stereocenters. The minimum atomic E-state index is -0.0444. The van der Waals surface area contributed by atoms with E-state index in [9.17, 15) is 4.79 Å². The van der Waals surface area contributed by atoms with Crippen molar-refractivity contribution in [2.45, 2.75) is 33.2 Å². The van der Waals surface area contributed by atoms with E-state index in [0.29, 0.717) is 19.6 Å². The fourth-order valence-electron chi connectivity index (χ4n) is 1.11. The van der Waals surface area contributed by atoms with Crippen molar-refractivity contribution in [3.63, 3.8) is 0 Å². The molecule has 80 valence electrons. The SMILES string of the molecule is CCOCC(=O)N(CCC#N)C(C)C. The van der Waals surface area contributed by atoms with Crippen LogP contribution in [-0.2, 0) is 9.53 Å². The molecule has 0 heterocycles. The maximum absolute atomic E-state index is 11.5. The van der Waals surface area contributed by atoms with E-state index in [4.69, 9.17) is 10.00 Å². The highest BCUT2D eigenvalue weighted by Gasteiger charge is 2.15. The molecule has 0 radical (unpaired) electrons. The summed E-state index contributed by atoms with van der Waals surface area (Å²) in [6.45, 7) is 6.85. The Labute approximate surface area is 85.5 Å². The second-order valence-electron chi connectivity index (χ2n) is 3.23. The van der Waals surface area contributed by atoms with Crippen molar-refractivity contribution in [2.24, 2.45) is 0 Å². The largest absolute Gasteiger partial charge is 0.372 e. The molecule has 0 bridgehead atoms. The number of carbonyl (C=O) groups is 1. The van der Waals surface area contributed by atoms with Crippen molar-refractivity contribution in [2.75, 3.05) is 19.8 Å². The van der Waals surface area contributed by atoms with Crippen LogP contribution in [0.2, 0.25) is 0 Å². The third kappa shape index (κ3) is 4.83. The van der Waals surface area contributed by atoms with Crippen LogP contribution in [0.4, 0.5) is 0 Å². The summed E-state index contributed by atoms with van der Waals surface area (Å²) in [5, 5.41) is 8.44. The molecule has 0 atom stereocenters. The van der Waals surface area contributed by atoms with Gasteiger partial charge in [0.15, 0.2) is 0 Å². The highest BCUT2D eigenvalue weighted by molar-refractivity contribution is 5.77. The van der Waals surface area contributed by atoms with Gasteiger partial charge in [-0.05, 0) is 20.8 Å². The number of hydrogen-bond donors (Lipinski definition) is 0. The normalized spacial score (nSPS) is 9.93. The average molecular weight is 198 g/mol. The molecule has 0 rings (SSSR count). The third-order valence-electron chi connectivity index (χ3n) is 1.84. The minimum absolute atomic E-state index is 0.0444. The minimum Gasteiger partial charge on any atom is -0.372 e. The molecule has 0 aliphatic rings. The third-order valence-corrected chi connectivity index (χ3v) is 1.84. The van der Waals surface area contributed by atoms with Gasteiger partial charge in [0, 0.05) is 19.2 Å². The Kier molecular flexibility index (Phi) is 6.77. The zero-order valence-corrected chi connectivity index (χ0v) is 9.12. The second kappa shape index (κ2) is 7.34. The van der Waals surface area contributed by atoms with Gasteiger partial charge in [-0.3, -0.25) is 4.79 Å². The predicted octanol–water partition coefficient (Wildman–Crippen LogP) is 1.17. The molecule has 1 amide bonds. The first-order valence-electron chi connectivity index (χ1n) is 4.87. The standard InChI is InChI=1S/C10H18N2O2/c1-4-14-8-10(13)12(9(2)3)7-5-6-11/h9H,4-5,7-8H2,1-3H3. The number of nitrogens with zero attached hydrogens (tertiary/aromatic N) is 2. The van der Waals surface area contributed by atoms with E-state index in [1.165, 1.54) is 0 Å². The van der Waals surface area contributed by atoms with Gasteiger partial charge < -0.3 is 9.64 Å². The Bertz CT molecular complexity index is 209. The van der Waals surface area contributed by atoms with Crippen LogP contribution in [0.3, 0.4) is 0 Å². The smallest absolute Gasteiger partial charge is 0.248 e. The van der Waals surface area contributed by atoms with Gasteiger partial charge in [0.1, 0.15) is 6.61 Å². The van der Waals surface area contributed by atoms with Crippen LogP contribution in [0, 0.1) is 11.3 Å². The maximum atomic E-state index is 11.5. The first kappa shape index (κ1) is 12.9. The van der Waals surface area contributed by atoms with Gasteiger partial charge in [-0.1, -0.05) is 0 Å². The molecule has 0 fully saturated rings. The van der Waals surface area contributed by atoms with Crippen LogP contribution in [0.15, 0.2) is 0 Å². The summed E-state index contributed by atoms with van der Waals surface area (Å²) in [4.78, 5) is 13.2. The van der Waals surface area contributed by atoms with Gasteiger partial charge >= 0.3 is 0 Å². The van der Waals surface area contributed by atoms with Crippen molar-refractivity contribution in [1.82, 2.24) is 4.90 Å². The first-order valence-corrected chi connectivity index (χ1v) is 4.87. The lowest BCUT2D eigenvalue weighted by Gasteiger charge is -2.25. The molecule has 0 saturated heterocycles. The molecule has 0 aromatic heterocycles. The Morgan fingerprint density at radius 1 is 1.57 bits per heavy atom. The fourth-order valence-corrected chi connectivity index (χ4v) is 1.11. The zero-order chi connectivity index (χ0) is 11.0. The summed E-state index contributed by atoms with van der Waals surface area (Å²) in [6, 6.07) is 2.15. The van der Waals surface area contributed by atoms with Crippen molar-refractivity contribution in [1.29, 1.82) is 5.26 Å². The van der Waals surface area contributed by atoms with E-state index in [1.54, 1.807) is 4.90 Å². The molecule has 0 saturated carbocycles. The van der Waals surface area contributed by atoms with Gasteiger partial charge in [-0.2, -0.15) is 5.26 Å². The highest BCUT2D eigenvalue weighted by Crippen LogP contribution is 2.00. The molecule has 0 N–H and O–H groups in total. The van der Waals surface area contributed by atoms with Crippen LogP contribution < -0.4 is 0 Å². The molecule has 0 aliphatic carbocycles. The van der Waals surface area contributed by atoms with Gasteiger partial charge in [0.25, 0.3) is 0 Å². The number of nitriles is 1. The van der Waals surface area contributed by atoms with E-state index in [1.807, 2.05) is 26.8 Å². The summed E-state index contributed by atoms with van der Waals surface area (Å²) in [5.41, 5.74) is 0. The Morgan fingerprint density at radius 3 is 2.64 bits per heavy atom. The van der Waals surface area contributed by atoms with Gasteiger partial charge in [0.05, 0.1) is 12.5 Å². The van der Waals surface area contributed by atoms with Crippen molar-refractivity contribution >= 4 is 5.91 Å². The van der Waals surface area contributed by atoms with Crippen LogP contribution in [-0.4, -0.2) is 36.6 Å². The Morgan fingerprint density at radius 2 is 2.21 bits per heavy atom. The lowest BCUT2D eigenvalue weighted by molar-refractivity contribution is -0.137. The lowest BCUT2D eigenvalue weighted by Crippen LogP contribution is -2.39. The molecular formula is C10H18N2O2. The quantitative estimate of drug-likeness (QED) is 0.643. The van der Waals surface area contributed by atoms with E-state index in [2.05, 4.69) is 0 Å². The summed E-state index contributed by atoms with van der Waals surface area (Å²) in [6.07, 6.45) is 0.371. The van der Waals surface area contributed by atoms with Crippen LogP contribution in [0.1, 0.15) is 27.2 Å². The number of ether oxygens (including phenoxy) is 1. The average Bonchev–Trinajstić information content (AvgIpc) is 2.14. The molecule has 0 aromatic rings. The van der Waals surface area contributed by atoms with Crippen molar-refractivity contribution in [3.05, 3.63) is 0 Å². The van der Waals surface area contributed by atoms with E-state index in [0.717, 1.165) is 0 Å². The van der Waals surface area contributed by atoms with Crippen molar-refractivity contribution in [3.8, 4) is 6.07 Å². The monoisotopic (exact) mass is 198 g/mol. The molecule has 0 aliphatic heterocycles. The van der Waals surface area contributed by atoms with Crippen LogP contribution >= 0.6 is 0 Å². The van der Waals surface area contributed by atoms with Gasteiger partial charge in [-0.15, -0.1) is 0 Å². The van der Waals surface area contributed by atoms with E-state index >= 15 is 0 Å². The summed E-state index contributed by atoms with van der Waals surface area (Å²) in [5.74, 6) is -0.0444. The molecule has 4 nitrogen and oxygen atoms in total. The molecule has 0 aromatic carbocycles. The number of rotatable bonds is 6. The van der Waals surface area contributed by atoms with E-state index in [-0.39, 0.29) is 18.6 Å². The number of carbonyl (C=O) groups excluding carboxylic acids is 1. The summed E-state index contributed by atoms with van der Waals surface area (Å²) in [7, 11) is 0. The van der Waals surface area contributed by atoms with Crippen LogP contribution in [0.5, 0.6) is 0 Å². The number of hydrogen-bond acceptors (Lipinski definition) is 3. The molecular weight excluding hydrogens is 180 g/mol. The maximum Gasteiger partial charge on any atom is 0.248 e.